The molecule has 162 valence electrons. The maximum Gasteiger partial charge on any atom is 0.253 e. The van der Waals surface area contributed by atoms with E-state index in [-0.39, 0.29) is 11.7 Å². The van der Waals surface area contributed by atoms with Crippen LogP contribution in [0.5, 0.6) is 17.2 Å². The molecule has 0 atom stereocenters. The summed E-state index contributed by atoms with van der Waals surface area (Å²) in [6.07, 6.45) is 0. The number of benzene rings is 3. The molecule has 1 fully saturated rings. The minimum absolute atomic E-state index is 0.0943. The fourth-order valence-electron chi connectivity index (χ4n) is 4.02. The fourth-order valence-corrected chi connectivity index (χ4v) is 4.02. The highest BCUT2D eigenvalue weighted by molar-refractivity contribution is 6.04. The van der Waals surface area contributed by atoms with E-state index in [1.54, 1.807) is 12.0 Å². The van der Waals surface area contributed by atoms with Gasteiger partial charge in [-0.1, -0.05) is 18.2 Å². The summed E-state index contributed by atoms with van der Waals surface area (Å²) in [5, 5.41) is 0. The maximum atomic E-state index is 13.2. The number of rotatable bonds is 2. The average Bonchev–Trinajstić information content (AvgIpc) is 3.01. The largest absolute Gasteiger partial charge is 0.493 e. The van der Waals surface area contributed by atoms with Crippen molar-refractivity contribution in [2.75, 3.05) is 33.3 Å². The minimum atomic E-state index is -0.352. The van der Waals surface area contributed by atoms with Crippen LogP contribution in [0.25, 0.3) is 0 Å². The van der Waals surface area contributed by atoms with Gasteiger partial charge in [0.25, 0.3) is 5.91 Å². The maximum absolute atomic E-state index is 13.2. The van der Waals surface area contributed by atoms with Gasteiger partial charge in [-0.25, -0.2) is 9.38 Å². The second-order valence-corrected chi connectivity index (χ2v) is 7.63. The third-order valence-electron chi connectivity index (χ3n) is 5.70. The van der Waals surface area contributed by atoms with E-state index in [9.17, 15) is 9.18 Å². The van der Waals surface area contributed by atoms with Crippen molar-refractivity contribution in [1.82, 2.24) is 9.80 Å². The summed E-state index contributed by atoms with van der Waals surface area (Å²) in [5.74, 6) is 2.27. The number of hydrogen-bond donors (Lipinski definition) is 0. The highest BCUT2D eigenvalue weighted by atomic mass is 19.1. The van der Waals surface area contributed by atoms with Crippen molar-refractivity contribution < 1.29 is 18.7 Å². The van der Waals surface area contributed by atoms with Crippen molar-refractivity contribution in [3.63, 3.8) is 0 Å². The zero-order chi connectivity index (χ0) is 22.1. The Morgan fingerprint density at radius 2 is 1.72 bits per heavy atom. The standard InChI is InChI=1S/C25H22FN3O3/c1-31-22-8-4-5-19-23(22)32-21-7-3-2-6-20(21)27-24(19)28-13-15-29(16-14-28)25(30)17-9-11-18(26)12-10-17/h2-12H,13-16H2,1H3. The number of hydrogen-bond acceptors (Lipinski definition) is 5. The van der Waals surface area contributed by atoms with E-state index < -0.39 is 0 Å². The Labute approximate surface area is 185 Å². The van der Waals surface area contributed by atoms with E-state index in [4.69, 9.17) is 14.5 Å². The smallest absolute Gasteiger partial charge is 0.253 e. The Kier molecular flexibility index (Phi) is 5.23. The number of halogens is 1. The summed E-state index contributed by atoms with van der Waals surface area (Å²) in [6, 6.07) is 19.1. The Balaban J connectivity index is 1.43. The van der Waals surface area contributed by atoms with Gasteiger partial charge in [-0.15, -0.1) is 0 Å². The van der Waals surface area contributed by atoms with Crippen LogP contribution in [-0.2, 0) is 0 Å². The molecular weight excluding hydrogens is 409 g/mol. The topological polar surface area (TPSA) is 54.4 Å². The lowest BCUT2D eigenvalue weighted by Crippen LogP contribution is -2.50. The second-order valence-electron chi connectivity index (χ2n) is 7.63. The number of para-hydroxylation sites is 3. The van der Waals surface area contributed by atoms with Crippen LogP contribution in [-0.4, -0.2) is 54.8 Å². The Bertz CT molecular complexity index is 1190. The molecule has 2 aliphatic rings. The number of aliphatic imine (C=N–C) groups is 1. The molecule has 0 aromatic heterocycles. The van der Waals surface area contributed by atoms with Gasteiger partial charge in [0.05, 0.1) is 12.7 Å². The van der Waals surface area contributed by atoms with Gasteiger partial charge in [0.1, 0.15) is 17.3 Å². The molecule has 0 saturated carbocycles. The molecule has 6 nitrogen and oxygen atoms in total. The van der Waals surface area contributed by atoms with E-state index in [1.807, 2.05) is 42.5 Å². The van der Waals surface area contributed by atoms with Crippen LogP contribution in [0.1, 0.15) is 15.9 Å². The second kappa shape index (κ2) is 8.34. The first-order valence-corrected chi connectivity index (χ1v) is 10.5. The van der Waals surface area contributed by atoms with Crippen molar-refractivity contribution in [1.29, 1.82) is 0 Å². The normalized spacial score (nSPS) is 15.1. The quantitative estimate of drug-likeness (QED) is 0.601. The molecule has 0 bridgehead atoms. The molecule has 0 unspecified atom stereocenters. The van der Waals surface area contributed by atoms with E-state index in [0.29, 0.717) is 49.0 Å². The molecule has 0 N–H and O–H groups in total. The monoisotopic (exact) mass is 431 g/mol. The van der Waals surface area contributed by atoms with Crippen LogP contribution in [0.3, 0.4) is 0 Å². The lowest BCUT2D eigenvalue weighted by molar-refractivity contribution is 0.0692. The lowest BCUT2D eigenvalue weighted by atomic mass is 10.1. The number of nitrogens with zero attached hydrogens (tertiary/aromatic N) is 3. The first kappa shape index (κ1) is 20.1. The van der Waals surface area contributed by atoms with Crippen LogP contribution in [0.15, 0.2) is 71.7 Å². The number of amidine groups is 1. The molecule has 7 heteroatoms. The van der Waals surface area contributed by atoms with Crippen molar-refractivity contribution in [2.45, 2.75) is 0 Å². The summed E-state index contributed by atoms with van der Waals surface area (Å²) in [4.78, 5) is 21.7. The van der Waals surface area contributed by atoms with Crippen LogP contribution in [0, 0.1) is 5.82 Å². The molecule has 0 aliphatic carbocycles. The molecule has 32 heavy (non-hydrogen) atoms. The summed E-state index contributed by atoms with van der Waals surface area (Å²) in [6.45, 7) is 2.31. The molecular formula is C25H22FN3O3. The fraction of sp³-hybridized carbons (Fsp3) is 0.200. The van der Waals surface area contributed by atoms with E-state index in [2.05, 4.69) is 4.90 Å². The number of carbonyl (C=O) groups is 1. The van der Waals surface area contributed by atoms with Gasteiger partial charge < -0.3 is 19.3 Å². The number of fused-ring (bicyclic) bond motifs is 2. The summed E-state index contributed by atoms with van der Waals surface area (Å²) in [7, 11) is 1.62. The van der Waals surface area contributed by atoms with Crippen LogP contribution in [0.2, 0.25) is 0 Å². The van der Waals surface area contributed by atoms with Gasteiger partial charge in [0.2, 0.25) is 0 Å². The summed E-state index contributed by atoms with van der Waals surface area (Å²) in [5.41, 5.74) is 2.08. The molecule has 1 amide bonds. The molecule has 0 radical (unpaired) electrons. The van der Waals surface area contributed by atoms with Crippen LogP contribution in [0.4, 0.5) is 10.1 Å². The SMILES string of the molecule is COc1cccc2c1Oc1ccccc1N=C2N1CCN(C(=O)c2ccc(F)cc2)CC1. The molecule has 0 spiro atoms. The predicted molar refractivity (Wildman–Crippen MR) is 120 cm³/mol. The van der Waals surface area contributed by atoms with E-state index >= 15 is 0 Å². The summed E-state index contributed by atoms with van der Waals surface area (Å²) >= 11 is 0. The van der Waals surface area contributed by atoms with Gasteiger partial charge in [0.15, 0.2) is 17.2 Å². The van der Waals surface area contributed by atoms with Gasteiger partial charge in [-0.3, -0.25) is 4.79 Å². The molecule has 3 aromatic carbocycles. The number of piperazine rings is 1. The van der Waals surface area contributed by atoms with Crippen molar-refractivity contribution in [3.8, 4) is 17.2 Å². The summed E-state index contributed by atoms with van der Waals surface area (Å²) < 4.78 is 25.0. The first-order valence-electron chi connectivity index (χ1n) is 10.5. The van der Waals surface area contributed by atoms with Gasteiger partial charge in [-0.05, 0) is 48.5 Å². The average molecular weight is 431 g/mol. The lowest BCUT2D eigenvalue weighted by Gasteiger charge is -2.36. The number of carbonyl (C=O) groups excluding carboxylic acids is 1. The Morgan fingerprint density at radius 1 is 0.969 bits per heavy atom. The van der Waals surface area contributed by atoms with Crippen molar-refractivity contribution >= 4 is 17.4 Å². The first-order chi connectivity index (χ1) is 15.6. The number of amides is 1. The highest BCUT2D eigenvalue weighted by Crippen LogP contribution is 2.42. The Hall–Kier alpha value is -3.87. The molecule has 5 rings (SSSR count). The van der Waals surface area contributed by atoms with Crippen LogP contribution >= 0.6 is 0 Å². The molecule has 1 saturated heterocycles. The highest BCUT2D eigenvalue weighted by Gasteiger charge is 2.29. The van der Waals surface area contributed by atoms with Crippen LogP contribution < -0.4 is 9.47 Å². The molecule has 2 aliphatic heterocycles. The number of methoxy groups -OCH3 is 1. The minimum Gasteiger partial charge on any atom is -0.493 e. The van der Waals surface area contributed by atoms with Gasteiger partial charge in [0, 0.05) is 31.7 Å². The van der Waals surface area contributed by atoms with Crippen molar-refractivity contribution in [3.05, 3.63) is 83.7 Å². The molecule has 3 aromatic rings. The van der Waals surface area contributed by atoms with E-state index in [1.165, 1.54) is 24.3 Å². The van der Waals surface area contributed by atoms with Crippen molar-refractivity contribution in [2.24, 2.45) is 4.99 Å². The third kappa shape index (κ3) is 3.66. The van der Waals surface area contributed by atoms with E-state index in [0.717, 1.165) is 17.1 Å². The predicted octanol–water partition coefficient (Wildman–Crippen LogP) is 4.48. The van der Waals surface area contributed by atoms with Gasteiger partial charge in [-0.2, -0.15) is 0 Å². The third-order valence-corrected chi connectivity index (χ3v) is 5.70. The Morgan fingerprint density at radius 3 is 2.47 bits per heavy atom. The van der Waals surface area contributed by atoms with Gasteiger partial charge >= 0.3 is 0 Å². The number of ether oxygens (including phenoxy) is 2. The molecule has 2 heterocycles. The zero-order valence-corrected chi connectivity index (χ0v) is 17.6. The zero-order valence-electron chi connectivity index (χ0n) is 17.6.